The van der Waals surface area contributed by atoms with E-state index in [1.807, 2.05) is 25.1 Å². The summed E-state index contributed by atoms with van der Waals surface area (Å²) in [4.78, 5) is 12.3. The second-order valence-electron chi connectivity index (χ2n) is 3.45. The normalized spacial score (nSPS) is 12.1. The highest BCUT2D eigenvalue weighted by atomic mass is 15.0. The van der Waals surface area contributed by atoms with Crippen LogP contribution in [0, 0.1) is 0 Å². The van der Waals surface area contributed by atoms with Crippen LogP contribution in [0.15, 0.2) is 36.8 Å². The first-order valence-electron chi connectivity index (χ1n) is 5.00. The second kappa shape index (κ2) is 4.57. The van der Waals surface area contributed by atoms with Crippen LogP contribution in [-0.2, 0) is 0 Å². The Bertz CT molecular complexity index is 440. The summed E-state index contributed by atoms with van der Waals surface area (Å²) in [7, 11) is 0. The zero-order valence-corrected chi connectivity index (χ0v) is 8.96. The molecule has 5 nitrogen and oxygen atoms in total. The molecule has 5 heteroatoms. The third-order valence-corrected chi connectivity index (χ3v) is 2.17. The van der Waals surface area contributed by atoms with Crippen molar-refractivity contribution in [1.82, 2.24) is 15.0 Å². The summed E-state index contributed by atoms with van der Waals surface area (Å²) < 4.78 is 0. The van der Waals surface area contributed by atoms with Gasteiger partial charge in [0.2, 0.25) is 0 Å². The van der Waals surface area contributed by atoms with Gasteiger partial charge in [-0.2, -0.15) is 0 Å². The highest BCUT2D eigenvalue weighted by Gasteiger charge is 2.06. The predicted molar refractivity (Wildman–Crippen MR) is 62.7 cm³/mol. The van der Waals surface area contributed by atoms with E-state index in [-0.39, 0.29) is 6.04 Å². The van der Waals surface area contributed by atoms with E-state index in [1.54, 1.807) is 12.4 Å². The molecule has 2 rings (SSSR count). The first-order valence-corrected chi connectivity index (χ1v) is 5.00. The highest BCUT2D eigenvalue weighted by Crippen LogP contribution is 2.14. The minimum Gasteiger partial charge on any atom is -0.382 e. The summed E-state index contributed by atoms with van der Waals surface area (Å²) in [6, 6.07) is 5.88. The van der Waals surface area contributed by atoms with E-state index in [0.29, 0.717) is 11.6 Å². The Labute approximate surface area is 93.8 Å². The zero-order chi connectivity index (χ0) is 11.4. The number of nitrogens with zero attached hydrogens (tertiary/aromatic N) is 3. The molecule has 82 valence electrons. The van der Waals surface area contributed by atoms with Crippen molar-refractivity contribution < 1.29 is 0 Å². The summed E-state index contributed by atoms with van der Waals surface area (Å²) in [5.41, 5.74) is 6.41. The molecule has 16 heavy (non-hydrogen) atoms. The third-order valence-electron chi connectivity index (χ3n) is 2.17. The van der Waals surface area contributed by atoms with Gasteiger partial charge in [-0.15, -0.1) is 0 Å². The Morgan fingerprint density at radius 3 is 2.69 bits per heavy atom. The Balaban J connectivity index is 2.08. The number of pyridine rings is 1. The summed E-state index contributed by atoms with van der Waals surface area (Å²) in [5.74, 6) is 1.10. The van der Waals surface area contributed by atoms with Crippen LogP contribution in [0.3, 0.4) is 0 Å². The average molecular weight is 215 g/mol. The van der Waals surface area contributed by atoms with Crippen molar-refractivity contribution in [2.75, 3.05) is 11.1 Å². The topological polar surface area (TPSA) is 76.7 Å². The fourth-order valence-corrected chi connectivity index (χ4v) is 1.34. The van der Waals surface area contributed by atoms with Crippen molar-refractivity contribution in [2.45, 2.75) is 13.0 Å². The number of nitrogens with two attached hydrogens (primary N) is 1. The number of hydrogen-bond donors (Lipinski definition) is 2. The maximum Gasteiger partial charge on any atom is 0.145 e. The number of aromatic nitrogens is 3. The van der Waals surface area contributed by atoms with Gasteiger partial charge < -0.3 is 11.1 Å². The maximum atomic E-state index is 5.45. The molecule has 0 radical (unpaired) electrons. The first-order chi connectivity index (χ1) is 7.75. The van der Waals surface area contributed by atoms with E-state index in [2.05, 4.69) is 20.3 Å². The zero-order valence-electron chi connectivity index (χ0n) is 8.96. The van der Waals surface area contributed by atoms with Crippen molar-refractivity contribution in [2.24, 2.45) is 0 Å². The molecule has 0 saturated heterocycles. The van der Waals surface area contributed by atoms with E-state index in [0.717, 1.165) is 5.69 Å². The van der Waals surface area contributed by atoms with E-state index < -0.39 is 0 Å². The summed E-state index contributed by atoms with van der Waals surface area (Å²) >= 11 is 0. The smallest absolute Gasteiger partial charge is 0.145 e. The molecule has 2 aromatic rings. The van der Waals surface area contributed by atoms with Crippen LogP contribution in [-0.4, -0.2) is 15.0 Å². The average Bonchev–Trinajstić information content (AvgIpc) is 2.33. The number of anilines is 2. The van der Waals surface area contributed by atoms with Gasteiger partial charge in [0.25, 0.3) is 0 Å². The Morgan fingerprint density at radius 2 is 2.06 bits per heavy atom. The standard InChI is InChI=1S/C11H13N5/c1-8(9-4-2-3-5-13-9)16-11-7-14-10(12)6-15-11/h2-8H,1H3,(H2,12,14)(H,15,16). The molecule has 0 aliphatic carbocycles. The van der Waals surface area contributed by atoms with Gasteiger partial charge in [-0.1, -0.05) is 6.07 Å². The van der Waals surface area contributed by atoms with Crippen LogP contribution >= 0.6 is 0 Å². The Hall–Kier alpha value is -2.17. The van der Waals surface area contributed by atoms with E-state index >= 15 is 0 Å². The molecule has 0 aliphatic heterocycles. The number of nitrogen functional groups attached to an aromatic ring is 1. The Kier molecular flexibility index (Phi) is 2.95. The molecular weight excluding hydrogens is 202 g/mol. The minimum absolute atomic E-state index is 0.0825. The number of rotatable bonds is 3. The van der Waals surface area contributed by atoms with Gasteiger partial charge in [0.15, 0.2) is 0 Å². The largest absolute Gasteiger partial charge is 0.382 e. The molecule has 2 aromatic heterocycles. The minimum atomic E-state index is 0.0825. The van der Waals surface area contributed by atoms with Crippen LogP contribution in [0.1, 0.15) is 18.7 Å². The van der Waals surface area contributed by atoms with Gasteiger partial charge in [-0.25, -0.2) is 9.97 Å². The second-order valence-corrected chi connectivity index (χ2v) is 3.45. The van der Waals surface area contributed by atoms with Crippen molar-refractivity contribution >= 4 is 11.6 Å². The fraction of sp³-hybridized carbons (Fsp3) is 0.182. The molecule has 0 amide bonds. The van der Waals surface area contributed by atoms with Gasteiger partial charge in [0, 0.05) is 6.20 Å². The predicted octanol–water partition coefficient (Wildman–Crippen LogP) is 1.63. The lowest BCUT2D eigenvalue weighted by Gasteiger charge is -2.13. The highest BCUT2D eigenvalue weighted by molar-refractivity contribution is 5.37. The molecular formula is C11H13N5. The molecule has 1 unspecified atom stereocenters. The van der Waals surface area contributed by atoms with Crippen LogP contribution in [0.4, 0.5) is 11.6 Å². The summed E-state index contributed by atoms with van der Waals surface area (Å²) in [6.07, 6.45) is 4.89. The van der Waals surface area contributed by atoms with Crippen LogP contribution in [0.25, 0.3) is 0 Å². The molecule has 2 heterocycles. The lowest BCUT2D eigenvalue weighted by Crippen LogP contribution is -2.09. The third kappa shape index (κ3) is 2.44. The molecule has 0 saturated carbocycles. The van der Waals surface area contributed by atoms with Gasteiger partial charge >= 0.3 is 0 Å². The summed E-state index contributed by atoms with van der Waals surface area (Å²) in [5, 5.41) is 3.19. The van der Waals surface area contributed by atoms with Crippen LogP contribution in [0.2, 0.25) is 0 Å². The fourth-order valence-electron chi connectivity index (χ4n) is 1.34. The van der Waals surface area contributed by atoms with E-state index in [1.165, 1.54) is 6.20 Å². The molecule has 0 bridgehead atoms. The van der Waals surface area contributed by atoms with Gasteiger partial charge in [0.05, 0.1) is 24.1 Å². The van der Waals surface area contributed by atoms with Gasteiger partial charge in [-0.3, -0.25) is 4.98 Å². The quantitative estimate of drug-likeness (QED) is 0.813. The number of nitrogens with one attached hydrogen (secondary N) is 1. The Morgan fingerprint density at radius 1 is 1.19 bits per heavy atom. The van der Waals surface area contributed by atoms with Crippen molar-refractivity contribution in [3.8, 4) is 0 Å². The lowest BCUT2D eigenvalue weighted by molar-refractivity contribution is 0.830. The molecule has 0 aliphatic rings. The van der Waals surface area contributed by atoms with Crippen LogP contribution < -0.4 is 11.1 Å². The monoisotopic (exact) mass is 215 g/mol. The van der Waals surface area contributed by atoms with Crippen molar-refractivity contribution in [3.63, 3.8) is 0 Å². The van der Waals surface area contributed by atoms with E-state index in [4.69, 9.17) is 5.73 Å². The molecule has 0 fully saturated rings. The van der Waals surface area contributed by atoms with Crippen LogP contribution in [0.5, 0.6) is 0 Å². The van der Waals surface area contributed by atoms with Gasteiger partial charge in [-0.05, 0) is 19.1 Å². The first kappa shape index (κ1) is 10.4. The SMILES string of the molecule is CC(Nc1cnc(N)cn1)c1ccccn1. The van der Waals surface area contributed by atoms with Gasteiger partial charge in [0.1, 0.15) is 11.6 Å². The lowest BCUT2D eigenvalue weighted by atomic mass is 10.2. The molecule has 1 atom stereocenters. The maximum absolute atomic E-state index is 5.45. The molecule has 3 N–H and O–H groups in total. The summed E-state index contributed by atoms with van der Waals surface area (Å²) in [6.45, 7) is 2.01. The molecule has 0 aromatic carbocycles. The van der Waals surface area contributed by atoms with Crippen molar-refractivity contribution in [1.29, 1.82) is 0 Å². The van der Waals surface area contributed by atoms with Crippen molar-refractivity contribution in [3.05, 3.63) is 42.5 Å². The van der Waals surface area contributed by atoms with E-state index in [9.17, 15) is 0 Å². The molecule has 0 spiro atoms. The number of hydrogen-bond acceptors (Lipinski definition) is 5.